The molecule has 0 spiro atoms. The number of unbranched alkanes of at least 4 members (excludes halogenated alkanes) is 1. The van der Waals surface area contributed by atoms with Crippen LogP contribution in [-0.2, 0) is 16.3 Å². The zero-order chi connectivity index (χ0) is 27.4. The van der Waals surface area contributed by atoms with Gasteiger partial charge in [-0.25, -0.2) is 13.4 Å². The third kappa shape index (κ3) is 5.19. The summed E-state index contributed by atoms with van der Waals surface area (Å²) >= 11 is 0. The van der Waals surface area contributed by atoms with Crippen LogP contribution in [0.2, 0.25) is 0 Å². The second-order valence-corrected chi connectivity index (χ2v) is 10.7. The number of aromatic nitrogens is 3. The molecule has 4 rings (SSSR count). The van der Waals surface area contributed by atoms with Crippen molar-refractivity contribution in [2.45, 2.75) is 48.9 Å². The predicted octanol–water partition coefficient (Wildman–Crippen LogP) is 4.81. The van der Waals surface area contributed by atoms with Crippen LogP contribution in [0.25, 0.3) is 11.1 Å². The molecule has 2 heterocycles. The summed E-state index contributed by atoms with van der Waals surface area (Å²) in [5.41, 5.74) is 1.17. The number of rotatable bonds is 8. The van der Waals surface area contributed by atoms with E-state index in [1.54, 1.807) is 31.2 Å². The van der Waals surface area contributed by atoms with Crippen LogP contribution in [0, 0.1) is 17.3 Å². The average molecular weight is 533 g/mol. The summed E-state index contributed by atoms with van der Waals surface area (Å²) in [7, 11) is -4.47. The molecule has 10 heteroatoms. The molecule has 0 unspecified atom stereocenters. The molecule has 0 aliphatic rings. The average Bonchev–Trinajstić information content (AvgIpc) is 2.91. The van der Waals surface area contributed by atoms with E-state index in [0.717, 1.165) is 6.42 Å². The van der Waals surface area contributed by atoms with Crippen molar-refractivity contribution in [1.29, 1.82) is 5.26 Å². The van der Waals surface area contributed by atoms with Crippen LogP contribution in [0.1, 0.15) is 49.7 Å². The van der Waals surface area contributed by atoms with Crippen LogP contribution in [0.5, 0.6) is 5.88 Å². The molecule has 0 amide bonds. The minimum Gasteiger partial charge on any atom is -0.493 e. The summed E-state index contributed by atoms with van der Waals surface area (Å²) in [6.45, 7) is 3.70. The van der Waals surface area contributed by atoms with Crippen molar-refractivity contribution < 1.29 is 17.9 Å². The van der Waals surface area contributed by atoms with Crippen LogP contribution >= 0.6 is 0 Å². The highest BCUT2D eigenvalue weighted by molar-refractivity contribution is 7.91. The maximum absolute atomic E-state index is 13.6. The quantitative estimate of drug-likeness (QED) is 0.323. The number of hydrogen-bond donors (Lipinski definition) is 1. The first-order valence-electron chi connectivity index (χ1n) is 12.0. The molecule has 0 aliphatic heterocycles. The fraction of sp³-hybridized carbons (Fsp3) is 0.214. The van der Waals surface area contributed by atoms with Gasteiger partial charge >= 0.3 is 0 Å². The highest BCUT2D eigenvalue weighted by atomic mass is 32.2. The van der Waals surface area contributed by atoms with E-state index in [-0.39, 0.29) is 10.7 Å². The topological polar surface area (TPSA) is 126 Å². The number of sulfone groups is 1. The number of nitrogens with zero attached hydrogens (tertiary/aromatic N) is 4. The van der Waals surface area contributed by atoms with Gasteiger partial charge in [0.25, 0.3) is 5.56 Å². The van der Waals surface area contributed by atoms with E-state index >= 15 is 0 Å². The molecule has 0 bridgehead atoms. The number of benzene rings is 2. The Hall–Kier alpha value is -4.36. The van der Waals surface area contributed by atoms with Gasteiger partial charge in [0, 0.05) is 18.2 Å². The third-order valence-corrected chi connectivity index (χ3v) is 8.06. The number of halogens is 1. The monoisotopic (exact) mass is 532 g/mol. The van der Waals surface area contributed by atoms with Crippen molar-refractivity contribution in [2.24, 2.45) is 0 Å². The largest absolute Gasteiger partial charge is 0.493 e. The van der Waals surface area contributed by atoms with Gasteiger partial charge in [0.1, 0.15) is 5.82 Å². The lowest BCUT2D eigenvalue weighted by Gasteiger charge is -2.23. The predicted molar refractivity (Wildman–Crippen MR) is 139 cm³/mol. The highest BCUT2D eigenvalue weighted by Gasteiger charge is 2.31. The van der Waals surface area contributed by atoms with E-state index in [1.807, 2.05) is 6.92 Å². The minimum atomic E-state index is -4.47. The third-order valence-electron chi connectivity index (χ3n) is 6.27. The van der Waals surface area contributed by atoms with Crippen LogP contribution in [0.4, 0.5) is 4.39 Å². The first kappa shape index (κ1) is 26.7. The van der Waals surface area contributed by atoms with Crippen molar-refractivity contribution in [1.82, 2.24) is 14.5 Å². The highest BCUT2D eigenvalue weighted by Crippen LogP contribution is 2.32. The van der Waals surface area contributed by atoms with E-state index in [1.165, 1.54) is 47.2 Å². The maximum Gasteiger partial charge on any atom is 0.296 e. The van der Waals surface area contributed by atoms with E-state index < -0.39 is 38.2 Å². The molecule has 0 saturated heterocycles. The standard InChI is InChI=1S/C28H25FN4O4S/c1-3-4-8-25-32-27(34)26(28(35)33(25)18(2)21-7-5-6-19(15-21)16-30)38(36,37)23-12-9-20(10-13-23)22-11-14-24(29)31-17-22/h5-7,9-15,17-18,35H,3-4,8H2,1-2H3/t18-/m1/s1. The molecule has 2 aromatic carbocycles. The minimum absolute atomic E-state index is 0.211. The molecule has 194 valence electrons. The summed E-state index contributed by atoms with van der Waals surface area (Å²) in [6, 6.07) is 16.5. The Bertz CT molecular complexity index is 1680. The van der Waals surface area contributed by atoms with Crippen LogP contribution in [0.15, 0.2) is 81.4 Å². The van der Waals surface area contributed by atoms with Gasteiger partial charge in [0.2, 0.25) is 21.7 Å². The second-order valence-electron chi connectivity index (χ2n) is 8.77. The van der Waals surface area contributed by atoms with Crippen LogP contribution < -0.4 is 5.56 Å². The first-order valence-corrected chi connectivity index (χ1v) is 13.5. The SMILES string of the molecule is CCCCc1nc(=O)c(S(=O)(=O)c2ccc(-c3ccc(F)nc3)cc2)c(O)n1[C@H](C)c1cccc(C#N)c1. The molecule has 0 saturated carbocycles. The van der Waals surface area contributed by atoms with Crippen molar-refractivity contribution >= 4 is 9.84 Å². The molecule has 0 radical (unpaired) electrons. The lowest BCUT2D eigenvalue weighted by atomic mass is 10.0. The van der Waals surface area contributed by atoms with E-state index in [2.05, 4.69) is 16.0 Å². The Morgan fingerprint density at radius 3 is 2.45 bits per heavy atom. The Kier molecular flexibility index (Phi) is 7.69. The number of nitriles is 1. The summed E-state index contributed by atoms with van der Waals surface area (Å²) in [6.07, 6.45) is 3.14. The van der Waals surface area contributed by atoms with Crippen molar-refractivity contribution in [3.05, 3.63) is 100 Å². The summed E-state index contributed by atoms with van der Waals surface area (Å²) in [4.78, 5) is 19.7. The van der Waals surface area contributed by atoms with Gasteiger partial charge in [-0.1, -0.05) is 37.6 Å². The van der Waals surface area contributed by atoms with Crippen LogP contribution in [0.3, 0.4) is 0 Å². The number of aromatic hydroxyl groups is 1. The number of pyridine rings is 1. The molecule has 38 heavy (non-hydrogen) atoms. The normalized spacial score (nSPS) is 12.2. The maximum atomic E-state index is 13.6. The van der Waals surface area contributed by atoms with Gasteiger partial charge in [0.05, 0.1) is 22.6 Å². The van der Waals surface area contributed by atoms with Gasteiger partial charge < -0.3 is 5.11 Å². The fourth-order valence-electron chi connectivity index (χ4n) is 4.21. The van der Waals surface area contributed by atoms with Crippen molar-refractivity contribution in [3.8, 4) is 23.1 Å². The number of hydrogen-bond acceptors (Lipinski definition) is 7. The molecule has 8 nitrogen and oxygen atoms in total. The van der Waals surface area contributed by atoms with Crippen LogP contribution in [-0.4, -0.2) is 28.1 Å². The van der Waals surface area contributed by atoms with Gasteiger partial charge in [-0.3, -0.25) is 9.36 Å². The van der Waals surface area contributed by atoms with E-state index in [4.69, 9.17) is 0 Å². The second kappa shape index (κ2) is 10.9. The van der Waals surface area contributed by atoms with Gasteiger partial charge in [0.15, 0.2) is 4.90 Å². The van der Waals surface area contributed by atoms with Crippen molar-refractivity contribution in [2.75, 3.05) is 0 Å². The van der Waals surface area contributed by atoms with E-state index in [0.29, 0.717) is 35.1 Å². The number of aryl methyl sites for hydroxylation is 1. The Morgan fingerprint density at radius 2 is 1.82 bits per heavy atom. The fourth-order valence-corrected chi connectivity index (χ4v) is 5.55. The Labute approximate surface area is 219 Å². The smallest absolute Gasteiger partial charge is 0.296 e. The lowest BCUT2D eigenvalue weighted by molar-refractivity contribution is 0.369. The van der Waals surface area contributed by atoms with Gasteiger partial charge in [-0.15, -0.1) is 0 Å². The molecule has 0 fully saturated rings. The summed E-state index contributed by atoms with van der Waals surface area (Å²) in [5.74, 6) is -1.09. The Morgan fingerprint density at radius 1 is 1.11 bits per heavy atom. The molecule has 0 aliphatic carbocycles. The summed E-state index contributed by atoms with van der Waals surface area (Å²) in [5, 5.41) is 20.6. The first-order chi connectivity index (χ1) is 18.2. The molecule has 1 N–H and O–H groups in total. The molecular weight excluding hydrogens is 507 g/mol. The molecule has 2 aromatic heterocycles. The van der Waals surface area contributed by atoms with E-state index in [9.17, 15) is 28.0 Å². The zero-order valence-electron chi connectivity index (χ0n) is 20.8. The lowest BCUT2D eigenvalue weighted by Crippen LogP contribution is -2.27. The molecule has 4 aromatic rings. The van der Waals surface area contributed by atoms with Crippen molar-refractivity contribution in [3.63, 3.8) is 0 Å². The van der Waals surface area contributed by atoms with Gasteiger partial charge in [-0.2, -0.15) is 14.6 Å². The molecule has 1 atom stereocenters. The van der Waals surface area contributed by atoms with Gasteiger partial charge in [-0.05, 0) is 60.9 Å². The summed E-state index contributed by atoms with van der Waals surface area (Å²) < 4.78 is 41.7. The zero-order valence-corrected chi connectivity index (χ0v) is 21.6. The Balaban J connectivity index is 1.83. The molecular formula is C28H25FN4O4S.